The number of likely N-dealkylation sites (tertiary alicyclic amines) is 1. The molecule has 0 aliphatic carbocycles. The van der Waals surface area contributed by atoms with E-state index in [-0.39, 0.29) is 6.04 Å². The summed E-state index contributed by atoms with van der Waals surface area (Å²) in [6, 6.07) is 6.37. The number of aryl methyl sites for hydroxylation is 1. The van der Waals surface area contributed by atoms with Crippen molar-refractivity contribution >= 4 is 0 Å². The molecule has 0 bridgehead atoms. The molecule has 0 radical (unpaired) electrons. The van der Waals surface area contributed by atoms with E-state index >= 15 is 0 Å². The monoisotopic (exact) mass is 262 g/mol. The minimum absolute atomic E-state index is 0.0997. The van der Waals surface area contributed by atoms with E-state index in [0.29, 0.717) is 0 Å². The average Bonchev–Trinajstić information content (AvgIpc) is 2.67. The molecule has 1 fully saturated rings. The van der Waals surface area contributed by atoms with Crippen LogP contribution in [0.15, 0.2) is 18.2 Å². The Morgan fingerprint density at radius 2 is 1.89 bits per heavy atom. The van der Waals surface area contributed by atoms with Crippen molar-refractivity contribution in [2.24, 2.45) is 5.73 Å². The summed E-state index contributed by atoms with van der Waals surface area (Å²) >= 11 is 0. The molecule has 1 aromatic rings. The minimum atomic E-state index is 0.0997. The Labute approximate surface area is 116 Å². The third-order valence-corrected chi connectivity index (χ3v) is 4.00. The van der Waals surface area contributed by atoms with E-state index in [1.165, 1.54) is 44.3 Å². The van der Waals surface area contributed by atoms with Crippen LogP contribution < -0.4 is 10.5 Å². The Morgan fingerprint density at radius 1 is 1.21 bits per heavy atom. The number of nitrogens with two attached hydrogens (primary N) is 1. The number of benzene rings is 1. The van der Waals surface area contributed by atoms with Crippen molar-refractivity contribution < 1.29 is 4.74 Å². The Kier molecular flexibility index (Phi) is 5.23. The van der Waals surface area contributed by atoms with Gasteiger partial charge >= 0.3 is 0 Å². The lowest BCUT2D eigenvalue weighted by Gasteiger charge is -2.24. The number of nitrogens with zero attached hydrogens (tertiary/aromatic N) is 1. The highest BCUT2D eigenvalue weighted by molar-refractivity contribution is 5.37. The first-order valence-electron chi connectivity index (χ1n) is 7.33. The first-order chi connectivity index (χ1) is 9.20. The molecule has 106 valence electrons. The standard InChI is InChI=1S/C16H26N2O/c1-13-11-14(7-8-16(13)19-2)15(17)12-18-9-5-3-4-6-10-18/h7-8,11,15H,3-6,9-10,12,17H2,1-2H3. The third kappa shape index (κ3) is 3.95. The predicted molar refractivity (Wildman–Crippen MR) is 79.6 cm³/mol. The molecule has 1 atom stereocenters. The van der Waals surface area contributed by atoms with Gasteiger partial charge in [0.05, 0.1) is 7.11 Å². The molecule has 0 saturated carbocycles. The number of rotatable bonds is 4. The molecule has 0 spiro atoms. The predicted octanol–water partition coefficient (Wildman–Crippen LogP) is 2.88. The Hall–Kier alpha value is -1.06. The van der Waals surface area contributed by atoms with Crippen LogP contribution in [0.4, 0.5) is 0 Å². The lowest BCUT2D eigenvalue weighted by Crippen LogP contribution is -2.33. The van der Waals surface area contributed by atoms with Crippen molar-refractivity contribution in [3.8, 4) is 5.75 Å². The molecule has 2 N–H and O–H groups in total. The largest absolute Gasteiger partial charge is 0.496 e. The van der Waals surface area contributed by atoms with Crippen LogP contribution >= 0.6 is 0 Å². The Balaban J connectivity index is 1.98. The van der Waals surface area contributed by atoms with Crippen LogP contribution in [0.2, 0.25) is 0 Å². The number of methoxy groups -OCH3 is 1. The topological polar surface area (TPSA) is 38.5 Å². The van der Waals surface area contributed by atoms with Crippen LogP contribution in [0.3, 0.4) is 0 Å². The smallest absolute Gasteiger partial charge is 0.121 e. The minimum Gasteiger partial charge on any atom is -0.496 e. The summed E-state index contributed by atoms with van der Waals surface area (Å²) in [5.74, 6) is 0.936. The second kappa shape index (κ2) is 6.92. The number of hydrogen-bond donors (Lipinski definition) is 1. The van der Waals surface area contributed by atoms with Crippen LogP contribution in [0.1, 0.15) is 42.9 Å². The maximum absolute atomic E-state index is 6.35. The van der Waals surface area contributed by atoms with Gasteiger partial charge in [0.15, 0.2) is 0 Å². The van der Waals surface area contributed by atoms with Gasteiger partial charge in [-0.2, -0.15) is 0 Å². The van der Waals surface area contributed by atoms with Gasteiger partial charge in [0.25, 0.3) is 0 Å². The van der Waals surface area contributed by atoms with Crippen LogP contribution in [0.25, 0.3) is 0 Å². The van der Waals surface area contributed by atoms with E-state index in [4.69, 9.17) is 10.5 Å². The third-order valence-electron chi connectivity index (χ3n) is 4.00. The molecule has 3 nitrogen and oxygen atoms in total. The van der Waals surface area contributed by atoms with Crippen molar-refractivity contribution in [1.29, 1.82) is 0 Å². The average molecular weight is 262 g/mol. The van der Waals surface area contributed by atoms with Crippen molar-refractivity contribution in [2.75, 3.05) is 26.7 Å². The van der Waals surface area contributed by atoms with Gasteiger partial charge in [-0.3, -0.25) is 0 Å². The zero-order valence-electron chi connectivity index (χ0n) is 12.2. The molecule has 0 amide bonds. The van der Waals surface area contributed by atoms with Crippen LogP contribution in [-0.4, -0.2) is 31.6 Å². The molecule has 1 heterocycles. The highest BCUT2D eigenvalue weighted by Gasteiger charge is 2.14. The van der Waals surface area contributed by atoms with Gasteiger partial charge in [-0.25, -0.2) is 0 Å². The molecule has 1 unspecified atom stereocenters. The summed E-state index contributed by atoms with van der Waals surface area (Å²) in [4.78, 5) is 2.51. The van der Waals surface area contributed by atoms with Crippen LogP contribution in [-0.2, 0) is 0 Å². The molecule has 0 aromatic heterocycles. The van der Waals surface area contributed by atoms with Crippen LogP contribution in [0.5, 0.6) is 5.75 Å². The lowest BCUT2D eigenvalue weighted by molar-refractivity contribution is 0.267. The van der Waals surface area contributed by atoms with Crippen molar-refractivity contribution in [2.45, 2.75) is 38.6 Å². The Bertz CT molecular complexity index is 398. The van der Waals surface area contributed by atoms with Crippen molar-refractivity contribution in [3.63, 3.8) is 0 Å². The van der Waals surface area contributed by atoms with Gasteiger partial charge in [0.1, 0.15) is 5.75 Å². The van der Waals surface area contributed by atoms with Crippen molar-refractivity contribution in [1.82, 2.24) is 4.90 Å². The quantitative estimate of drug-likeness (QED) is 0.906. The number of hydrogen-bond acceptors (Lipinski definition) is 3. The van der Waals surface area contributed by atoms with E-state index in [2.05, 4.69) is 24.0 Å². The molecular formula is C16H26N2O. The van der Waals surface area contributed by atoms with Gasteiger partial charge in [-0.05, 0) is 50.0 Å². The van der Waals surface area contributed by atoms with E-state index in [0.717, 1.165) is 17.9 Å². The molecule has 2 rings (SSSR count). The first kappa shape index (κ1) is 14.4. The summed E-state index contributed by atoms with van der Waals surface area (Å²) < 4.78 is 5.29. The normalized spacial score (nSPS) is 18.9. The molecule has 1 aliphatic heterocycles. The SMILES string of the molecule is COc1ccc(C(N)CN2CCCCCC2)cc1C. The van der Waals surface area contributed by atoms with E-state index < -0.39 is 0 Å². The van der Waals surface area contributed by atoms with Gasteiger partial charge < -0.3 is 15.4 Å². The summed E-state index contributed by atoms with van der Waals surface area (Å²) in [5, 5.41) is 0. The fourth-order valence-electron chi connectivity index (χ4n) is 2.83. The molecular weight excluding hydrogens is 236 g/mol. The van der Waals surface area contributed by atoms with E-state index in [1.807, 2.05) is 6.07 Å². The maximum Gasteiger partial charge on any atom is 0.121 e. The van der Waals surface area contributed by atoms with Gasteiger partial charge in [-0.1, -0.05) is 25.0 Å². The van der Waals surface area contributed by atoms with Gasteiger partial charge in [0, 0.05) is 12.6 Å². The highest BCUT2D eigenvalue weighted by atomic mass is 16.5. The molecule has 3 heteroatoms. The number of ether oxygens (including phenoxy) is 1. The fraction of sp³-hybridized carbons (Fsp3) is 0.625. The fourth-order valence-corrected chi connectivity index (χ4v) is 2.83. The molecule has 1 aromatic carbocycles. The second-order valence-electron chi connectivity index (χ2n) is 5.55. The van der Waals surface area contributed by atoms with Gasteiger partial charge in [-0.15, -0.1) is 0 Å². The second-order valence-corrected chi connectivity index (χ2v) is 5.55. The van der Waals surface area contributed by atoms with Crippen LogP contribution in [0, 0.1) is 6.92 Å². The molecule has 1 aliphatic rings. The summed E-state index contributed by atoms with van der Waals surface area (Å²) in [7, 11) is 1.71. The van der Waals surface area contributed by atoms with E-state index in [9.17, 15) is 0 Å². The zero-order chi connectivity index (χ0) is 13.7. The maximum atomic E-state index is 6.35. The zero-order valence-corrected chi connectivity index (χ0v) is 12.2. The summed E-state index contributed by atoms with van der Waals surface area (Å²) in [6.45, 7) is 5.43. The van der Waals surface area contributed by atoms with Crippen molar-refractivity contribution in [3.05, 3.63) is 29.3 Å². The molecule has 19 heavy (non-hydrogen) atoms. The molecule has 1 saturated heterocycles. The first-order valence-corrected chi connectivity index (χ1v) is 7.33. The highest BCUT2D eigenvalue weighted by Crippen LogP contribution is 2.22. The van der Waals surface area contributed by atoms with E-state index in [1.54, 1.807) is 7.11 Å². The van der Waals surface area contributed by atoms with Gasteiger partial charge in [0.2, 0.25) is 0 Å². The Morgan fingerprint density at radius 3 is 2.47 bits per heavy atom. The summed E-state index contributed by atoms with van der Waals surface area (Å²) in [5.41, 5.74) is 8.72. The lowest BCUT2D eigenvalue weighted by atomic mass is 10.0. The summed E-state index contributed by atoms with van der Waals surface area (Å²) in [6.07, 6.45) is 5.36.